The fraction of sp³-hybridized carbons (Fsp3) is 0.261. The van der Waals surface area contributed by atoms with Gasteiger partial charge in [0.15, 0.2) is 17.4 Å². The molecule has 1 aliphatic rings. The van der Waals surface area contributed by atoms with Crippen molar-refractivity contribution in [1.82, 2.24) is 14.9 Å². The smallest absolute Gasteiger partial charge is 0.202 e. The first kappa shape index (κ1) is 20.0. The topological polar surface area (TPSA) is 67.2 Å². The summed E-state index contributed by atoms with van der Waals surface area (Å²) in [6, 6.07) is 10.6. The molecule has 0 amide bonds. The van der Waals surface area contributed by atoms with Crippen LogP contribution in [0.5, 0.6) is 0 Å². The SMILES string of the molecule is CCn1cc(C(=O)C=Cc2ccccc2)c(=O)c2cc(F)c(N3CCNCC3)nc21. The summed E-state index contributed by atoms with van der Waals surface area (Å²) in [6.45, 7) is 5.19. The molecule has 0 spiro atoms. The second kappa shape index (κ2) is 8.59. The summed E-state index contributed by atoms with van der Waals surface area (Å²) in [5, 5.41) is 3.34. The van der Waals surface area contributed by atoms with Gasteiger partial charge in [0, 0.05) is 38.9 Å². The van der Waals surface area contributed by atoms with Crippen LogP contribution in [0.25, 0.3) is 17.1 Å². The Balaban J connectivity index is 1.77. The lowest BCUT2D eigenvalue weighted by atomic mass is 10.1. The van der Waals surface area contributed by atoms with Crippen molar-refractivity contribution in [3.05, 3.63) is 75.8 Å². The van der Waals surface area contributed by atoms with Crippen LogP contribution in [0.3, 0.4) is 0 Å². The van der Waals surface area contributed by atoms with Crippen LogP contribution in [0.15, 0.2) is 53.5 Å². The van der Waals surface area contributed by atoms with Crippen molar-refractivity contribution in [3.8, 4) is 0 Å². The van der Waals surface area contributed by atoms with E-state index in [0.29, 0.717) is 25.3 Å². The first-order valence-electron chi connectivity index (χ1n) is 10.1. The van der Waals surface area contributed by atoms with Crippen molar-refractivity contribution in [2.75, 3.05) is 31.1 Å². The van der Waals surface area contributed by atoms with Crippen LogP contribution in [0.1, 0.15) is 22.8 Å². The van der Waals surface area contributed by atoms with Crippen molar-refractivity contribution in [1.29, 1.82) is 0 Å². The van der Waals surface area contributed by atoms with Crippen LogP contribution < -0.4 is 15.6 Å². The van der Waals surface area contributed by atoms with Crippen LogP contribution >= 0.6 is 0 Å². The molecule has 0 aliphatic carbocycles. The number of ketones is 1. The predicted molar refractivity (Wildman–Crippen MR) is 117 cm³/mol. The number of allylic oxidation sites excluding steroid dienone is 1. The number of nitrogens with one attached hydrogen (secondary N) is 1. The Hall–Kier alpha value is -3.32. The maximum Gasteiger partial charge on any atom is 0.202 e. The lowest BCUT2D eigenvalue weighted by Crippen LogP contribution is -2.44. The minimum atomic E-state index is -0.548. The van der Waals surface area contributed by atoms with Gasteiger partial charge in [0.2, 0.25) is 5.43 Å². The van der Waals surface area contributed by atoms with E-state index in [1.54, 1.807) is 10.6 Å². The van der Waals surface area contributed by atoms with Gasteiger partial charge in [-0.05, 0) is 24.6 Å². The molecule has 3 heterocycles. The average molecular weight is 406 g/mol. The van der Waals surface area contributed by atoms with Gasteiger partial charge in [0.25, 0.3) is 0 Å². The molecule has 7 heteroatoms. The van der Waals surface area contributed by atoms with E-state index in [1.165, 1.54) is 18.3 Å². The van der Waals surface area contributed by atoms with E-state index >= 15 is 0 Å². The van der Waals surface area contributed by atoms with E-state index < -0.39 is 17.0 Å². The number of anilines is 1. The third-order valence-corrected chi connectivity index (χ3v) is 5.23. The Morgan fingerprint density at radius 3 is 2.67 bits per heavy atom. The Labute approximate surface area is 173 Å². The molecule has 0 atom stereocenters. The van der Waals surface area contributed by atoms with Gasteiger partial charge in [0.1, 0.15) is 5.65 Å². The van der Waals surface area contributed by atoms with E-state index in [1.807, 2.05) is 42.2 Å². The molecule has 30 heavy (non-hydrogen) atoms. The molecule has 3 aromatic rings. The molecule has 0 radical (unpaired) electrons. The Kier molecular flexibility index (Phi) is 5.72. The molecule has 0 bridgehead atoms. The minimum absolute atomic E-state index is 0.00709. The lowest BCUT2D eigenvalue weighted by Gasteiger charge is -2.29. The average Bonchev–Trinajstić information content (AvgIpc) is 2.79. The highest BCUT2D eigenvalue weighted by Crippen LogP contribution is 2.22. The van der Waals surface area contributed by atoms with Gasteiger partial charge in [-0.3, -0.25) is 9.59 Å². The maximum atomic E-state index is 14.9. The lowest BCUT2D eigenvalue weighted by molar-refractivity contribution is 0.104. The van der Waals surface area contributed by atoms with Crippen molar-refractivity contribution in [2.45, 2.75) is 13.5 Å². The second-order valence-corrected chi connectivity index (χ2v) is 7.17. The van der Waals surface area contributed by atoms with E-state index in [-0.39, 0.29) is 16.8 Å². The van der Waals surface area contributed by atoms with Gasteiger partial charge in [-0.2, -0.15) is 0 Å². The van der Waals surface area contributed by atoms with Gasteiger partial charge in [0.05, 0.1) is 10.9 Å². The number of hydrogen-bond acceptors (Lipinski definition) is 5. The largest absolute Gasteiger partial charge is 0.352 e. The summed E-state index contributed by atoms with van der Waals surface area (Å²) in [6.07, 6.45) is 4.56. The Morgan fingerprint density at radius 2 is 1.97 bits per heavy atom. The van der Waals surface area contributed by atoms with Gasteiger partial charge in [-0.25, -0.2) is 9.37 Å². The van der Waals surface area contributed by atoms with Crippen LogP contribution in [0.2, 0.25) is 0 Å². The first-order chi connectivity index (χ1) is 14.6. The standard InChI is InChI=1S/C23H23FN4O2/c1-2-27-15-18(20(29)9-8-16-6-4-3-5-7-16)21(30)17-14-19(24)23(26-22(17)27)28-12-10-25-11-13-28/h3-9,14-15,25H,2,10-13H2,1H3. The number of piperazine rings is 1. The summed E-state index contributed by atoms with van der Waals surface area (Å²) in [7, 11) is 0. The number of carbonyl (C=O) groups is 1. The number of aromatic nitrogens is 2. The molecule has 1 aliphatic heterocycles. The normalized spacial score (nSPS) is 14.5. The van der Waals surface area contributed by atoms with Gasteiger partial charge >= 0.3 is 0 Å². The van der Waals surface area contributed by atoms with Crippen LogP contribution in [-0.4, -0.2) is 41.5 Å². The zero-order valence-corrected chi connectivity index (χ0v) is 16.8. The van der Waals surface area contributed by atoms with Crippen molar-refractivity contribution < 1.29 is 9.18 Å². The molecule has 1 fully saturated rings. The highest BCUT2D eigenvalue weighted by atomic mass is 19.1. The highest BCUT2D eigenvalue weighted by Gasteiger charge is 2.21. The molecule has 4 rings (SSSR count). The molecule has 0 saturated carbocycles. The molecule has 6 nitrogen and oxygen atoms in total. The fourth-order valence-corrected chi connectivity index (χ4v) is 3.62. The number of rotatable bonds is 5. The third-order valence-electron chi connectivity index (χ3n) is 5.23. The van der Waals surface area contributed by atoms with Gasteiger partial charge < -0.3 is 14.8 Å². The number of benzene rings is 1. The summed E-state index contributed by atoms with van der Waals surface area (Å²) in [4.78, 5) is 32.1. The summed E-state index contributed by atoms with van der Waals surface area (Å²) in [5.41, 5.74) is 0.750. The molecule has 2 aromatic heterocycles. The number of fused-ring (bicyclic) bond motifs is 1. The van der Waals surface area contributed by atoms with Crippen LogP contribution in [0.4, 0.5) is 10.2 Å². The second-order valence-electron chi connectivity index (χ2n) is 7.17. The molecule has 1 aromatic carbocycles. The summed E-state index contributed by atoms with van der Waals surface area (Å²) < 4.78 is 16.6. The number of halogens is 1. The summed E-state index contributed by atoms with van der Waals surface area (Å²) >= 11 is 0. The van der Waals surface area contributed by atoms with E-state index in [2.05, 4.69) is 10.3 Å². The van der Waals surface area contributed by atoms with Crippen molar-refractivity contribution in [3.63, 3.8) is 0 Å². The van der Waals surface area contributed by atoms with Crippen molar-refractivity contribution in [2.24, 2.45) is 0 Å². The molecule has 1 N–H and O–H groups in total. The van der Waals surface area contributed by atoms with Crippen LogP contribution in [-0.2, 0) is 6.54 Å². The van der Waals surface area contributed by atoms with Crippen LogP contribution in [0, 0.1) is 5.82 Å². The minimum Gasteiger partial charge on any atom is -0.352 e. The Morgan fingerprint density at radius 1 is 1.23 bits per heavy atom. The van der Waals surface area contributed by atoms with Gasteiger partial charge in [-0.15, -0.1) is 0 Å². The maximum absolute atomic E-state index is 14.9. The number of carbonyl (C=O) groups excluding carboxylic acids is 1. The quantitative estimate of drug-likeness (QED) is 0.521. The van der Waals surface area contributed by atoms with Crippen molar-refractivity contribution >= 4 is 28.7 Å². The number of nitrogens with zero attached hydrogens (tertiary/aromatic N) is 3. The van der Waals surface area contributed by atoms with E-state index in [4.69, 9.17) is 0 Å². The zero-order chi connectivity index (χ0) is 21.1. The highest BCUT2D eigenvalue weighted by molar-refractivity contribution is 6.08. The number of aryl methyl sites for hydroxylation is 1. The number of pyridine rings is 2. The zero-order valence-electron chi connectivity index (χ0n) is 16.8. The summed E-state index contributed by atoms with van der Waals surface area (Å²) in [5.74, 6) is -0.721. The fourth-order valence-electron chi connectivity index (χ4n) is 3.62. The molecular formula is C23H23FN4O2. The number of hydrogen-bond donors (Lipinski definition) is 1. The third kappa shape index (κ3) is 3.89. The van der Waals surface area contributed by atoms with E-state index in [0.717, 1.165) is 18.7 Å². The molecule has 154 valence electrons. The molecular weight excluding hydrogens is 383 g/mol. The van der Waals surface area contributed by atoms with E-state index in [9.17, 15) is 14.0 Å². The molecule has 1 saturated heterocycles. The Bertz CT molecular complexity index is 1170. The van der Waals surface area contributed by atoms with Gasteiger partial charge in [-0.1, -0.05) is 36.4 Å². The monoisotopic (exact) mass is 406 g/mol. The predicted octanol–water partition coefficient (Wildman–Crippen LogP) is 2.86. The molecule has 0 unspecified atom stereocenters. The first-order valence-corrected chi connectivity index (χ1v) is 10.1.